The first-order chi connectivity index (χ1) is 18.4. The van der Waals surface area contributed by atoms with Crippen LogP contribution < -0.4 is 13.8 Å². The number of anilines is 1. The van der Waals surface area contributed by atoms with Crippen LogP contribution in [0.3, 0.4) is 0 Å². The number of nitrogens with zero attached hydrogens (tertiary/aromatic N) is 2. The van der Waals surface area contributed by atoms with Crippen molar-refractivity contribution in [1.82, 2.24) is 4.90 Å². The Morgan fingerprint density at radius 2 is 1.70 bits per heavy atom. The third-order valence-corrected chi connectivity index (χ3v) is 8.73. The number of hydrogen-bond acceptors (Lipinski definition) is 6. The van der Waals surface area contributed by atoms with Gasteiger partial charge in [-0.2, -0.15) is 0 Å². The van der Waals surface area contributed by atoms with Crippen LogP contribution in [0.4, 0.5) is 10.1 Å². The number of carbonyl (C=O) groups excluding carboxylic acids is 1. The number of ether oxygens (including phenoxy) is 2. The van der Waals surface area contributed by atoms with Crippen LogP contribution in [-0.4, -0.2) is 53.1 Å². The molecule has 11 heteroatoms. The monoisotopic (exact) mass is 610 g/mol. The molecule has 3 aromatic carbocycles. The maximum absolute atomic E-state index is 15.5. The topological polar surface area (TPSA) is 76.2 Å². The van der Waals surface area contributed by atoms with E-state index in [1.165, 1.54) is 61.7 Å². The Labute approximate surface area is 246 Å². The highest BCUT2D eigenvalue weighted by Crippen LogP contribution is 2.53. The van der Waals surface area contributed by atoms with Crippen LogP contribution in [0.5, 0.6) is 11.5 Å². The predicted molar refractivity (Wildman–Crippen MR) is 157 cm³/mol. The first-order valence-electron chi connectivity index (χ1n) is 12.6. The molecular weight excluding hydrogens is 578 g/mol. The standard InChI is InChI=1S/C29H32ClFN2O5S.ClH/c1-19(2)38-20-11-13-21(14-12-20)39(35,36)33-26-18-27(37-5)24(30)17-23(26)29(28(33)34,15-8-16-32(3)4)22-9-6-7-10-25(22)31;/h6-7,9-14,17-19H,8,15-16H2,1-5H3;1H. The van der Waals surface area contributed by atoms with Crippen LogP contribution in [0, 0.1) is 5.82 Å². The lowest BCUT2D eigenvalue weighted by atomic mass is 9.72. The van der Waals surface area contributed by atoms with Crippen molar-refractivity contribution in [3.63, 3.8) is 0 Å². The highest BCUT2D eigenvalue weighted by molar-refractivity contribution is 7.93. The number of sulfonamides is 1. The van der Waals surface area contributed by atoms with Crippen molar-refractivity contribution in [2.24, 2.45) is 0 Å². The molecule has 0 N–H and O–H groups in total. The van der Waals surface area contributed by atoms with Crippen LogP contribution in [0.2, 0.25) is 5.02 Å². The number of amides is 1. The first-order valence-corrected chi connectivity index (χ1v) is 14.4. The number of fused-ring (bicyclic) bond motifs is 1. The third kappa shape index (κ3) is 5.65. The van der Waals surface area contributed by atoms with Gasteiger partial charge in [0.15, 0.2) is 0 Å². The molecule has 1 heterocycles. The molecule has 7 nitrogen and oxygen atoms in total. The van der Waals surface area contributed by atoms with E-state index in [0.29, 0.717) is 24.3 Å². The van der Waals surface area contributed by atoms with Crippen molar-refractivity contribution in [3.05, 3.63) is 82.6 Å². The number of halogens is 3. The lowest BCUT2D eigenvalue weighted by molar-refractivity contribution is -0.121. The molecule has 0 saturated heterocycles. The summed E-state index contributed by atoms with van der Waals surface area (Å²) in [6.45, 7) is 4.33. The molecule has 40 heavy (non-hydrogen) atoms. The molecule has 1 amide bonds. The van der Waals surface area contributed by atoms with Crippen LogP contribution in [0.15, 0.2) is 65.6 Å². The second-order valence-corrected chi connectivity index (χ2v) is 12.2. The van der Waals surface area contributed by atoms with Gasteiger partial charge in [-0.1, -0.05) is 29.8 Å². The largest absolute Gasteiger partial charge is 0.495 e. The number of benzene rings is 3. The average Bonchev–Trinajstić information content (AvgIpc) is 3.11. The maximum Gasteiger partial charge on any atom is 0.270 e. The van der Waals surface area contributed by atoms with E-state index in [0.717, 1.165) is 4.31 Å². The average molecular weight is 612 g/mol. The van der Waals surface area contributed by atoms with Gasteiger partial charge in [-0.25, -0.2) is 17.1 Å². The zero-order chi connectivity index (χ0) is 28.5. The molecule has 1 aliphatic heterocycles. The number of methoxy groups -OCH3 is 1. The van der Waals surface area contributed by atoms with Gasteiger partial charge in [0.2, 0.25) is 0 Å². The zero-order valence-corrected chi connectivity index (χ0v) is 25.4. The molecule has 4 rings (SSSR count). The van der Waals surface area contributed by atoms with Crippen molar-refractivity contribution in [3.8, 4) is 11.5 Å². The Morgan fingerprint density at radius 1 is 1.05 bits per heavy atom. The Balaban J connectivity index is 0.00000441. The van der Waals surface area contributed by atoms with E-state index in [2.05, 4.69) is 0 Å². The molecule has 1 atom stereocenters. The van der Waals surface area contributed by atoms with Crippen LogP contribution in [-0.2, 0) is 20.2 Å². The molecule has 0 aliphatic carbocycles. The lowest BCUT2D eigenvalue weighted by Gasteiger charge is -2.30. The SMILES string of the molecule is COc1cc2c(cc1Cl)C(CCCN(C)C)(c1ccccc1F)C(=O)N2S(=O)(=O)c1ccc(OC(C)C)cc1.Cl. The summed E-state index contributed by atoms with van der Waals surface area (Å²) in [5, 5.41) is 0.187. The summed E-state index contributed by atoms with van der Waals surface area (Å²) in [5.41, 5.74) is -1.14. The molecular formula is C29H33Cl2FN2O5S. The maximum atomic E-state index is 15.5. The Bertz CT molecular complexity index is 1480. The number of carbonyl (C=O) groups is 1. The summed E-state index contributed by atoms with van der Waals surface area (Å²) in [6, 6.07) is 14.8. The molecule has 3 aromatic rings. The summed E-state index contributed by atoms with van der Waals surface area (Å²) in [5.74, 6) is -0.687. The van der Waals surface area contributed by atoms with Crippen molar-refractivity contribution >= 4 is 45.6 Å². The molecule has 1 unspecified atom stereocenters. The summed E-state index contributed by atoms with van der Waals surface area (Å²) in [4.78, 5) is 16.4. The highest BCUT2D eigenvalue weighted by atomic mass is 35.5. The zero-order valence-electron chi connectivity index (χ0n) is 23.0. The van der Waals surface area contributed by atoms with Gasteiger partial charge in [-0.3, -0.25) is 4.79 Å². The summed E-state index contributed by atoms with van der Waals surface area (Å²) < 4.78 is 55.5. The van der Waals surface area contributed by atoms with Crippen LogP contribution in [0.25, 0.3) is 0 Å². The van der Waals surface area contributed by atoms with E-state index in [1.807, 2.05) is 32.8 Å². The van der Waals surface area contributed by atoms with Crippen molar-refractivity contribution in [2.75, 3.05) is 32.1 Å². The molecule has 0 fully saturated rings. The van der Waals surface area contributed by atoms with Gasteiger partial charge in [-0.05, 0) is 89.3 Å². The summed E-state index contributed by atoms with van der Waals surface area (Å²) >= 11 is 6.51. The summed E-state index contributed by atoms with van der Waals surface area (Å²) in [6.07, 6.45) is 0.555. The fourth-order valence-electron chi connectivity index (χ4n) is 5.02. The van der Waals surface area contributed by atoms with E-state index in [-0.39, 0.29) is 51.9 Å². The Morgan fingerprint density at radius 3 is 2.27 bits per heavy atom. The molecule has 0 saturated carbocycles. The molecule has 0 spiro atoms. The predicted octanol–water partition coefficient (Wildman–Crippen LogP) is 6.06. The molecule has 1 aliphatic rings. The first kappa shape index (κ1) is 31.7. The quantitative estimate of drug-likeness (QED) is 0.278. The smallest absolute Gasteiger partial charge is 0.270 e. The minimum atomic E-state index is -4.42. The minimum Gasteiger partial charge on any atom is -0.495 e. The fourth-order valence-corrected chi connectivity index (χ4v) is 6.73. The molecule has 0 radical (unpaired) electrons. The van der Waals surface area contributed by atoms with E-state index >= 15 is 4.39 Å². The van der Waals surface area contributed by atoms with Crippen molar-refractivity contribution < 1.29 is 27.1 Å². The fraction of sp³-hybridized carbons (Fsp3) is 0.345. The van der Waals surface area contributed by atoms with Crippen molar-refractivity contribution in [2.45, 2.75) is 43.1 Å². The van der Waals surface area contributed by atoms with Gasteiger partial charge in [-0.15, -0.1) is 12.4 Å². The van der Waals surface area contributed by atoms with Crippen molar-refractivity contribution in [1.29, 1.82) is 0 Å². The number of hydrogen-bond donors (Lipinski definition) is 0. The lowest BCUT2D eigenvalue weighted by Crippen LogP contribution is -2.44. The normalized spacial score (nSPS) is 16.7. The van der Waals surface area contributed by atoms with Crippen LogP contribution >= 0.6 is 24.0 Å². The van der Waals surface area contributed by atoms with Gasteiger partial charge < -0.3 is 14.4 Å². The Hall–Kier alpha value is -2.85. The van der Waals surface area contributed by atoms with E-state index < -0.39 is 27.2 Å². The van der Waals surface area contributed by atoms with Crippen LogP contribution in [0.1, 0.15) is 37.8 Å². The second-order valence-electron chi connectivity index (χ2n) is 10.0. The molecule has 216 valence electrons. The van der Waals surface area contributed by atoms with Gasteiger partial charge in [0.25, 0.3) is 15.9 Å². The van der Waals surface area contributed by atoms with E-state index in [4.69, 9.17) is 21.1 Å². The molecule has 0 bridgehead atoms. The number of rotatable bonds is 10. The second kappa shape index (κ2) is 12.3. The Kier molecular flexibility index (Phi) is 9.78. The van der Waals surface area contributed by atoms with E-state index in [9.17, 15) is 13.2 Å². The van der Waals surface area contributed by atoms with Gasteiger partial charge in [0, 0.05) is 11.6 Å². The van der Waals surface area contributed by atoms with Gasteiger partial charge in [0.05, 0.1) is 28.8 Å². The third-order valence-electron chi connectivity index (χ3n) is 6.72. The van der Waals surface area contributed by atoms with Gasteiger partial charge >= 0.3 is 0 Å². The summed E-state index contributed by atoms with van der Waals surface area (Å²) in [7, 11) is 0.768. The minimum absolute atomic E-state index is 0. The highest BCUT2D eigenvalue weighted by Gasteiger charge is 2.56. The van der Waals surface area contributed by atoms with Gasteiger partial charge in [0.1, 0.15) is 22.7 Å². The van der Waals surface area contributed by atoms with E-state index in [1.54, 1.807) is 6.07 Å². The molecule has 0 aromatic heterocycles.